The van der Waals surface area contributed by atoms with E-state index in [2.05, 4.69) is 6.92 Å². The van der Waals surface area contributed by atoms with Crippen LogP contribution in [-0.2, 0) is 11.2 Å². The number of carbonyl (C=O) groups is 1. The Balaban J connectivity index is 2.36. The van der Waals surface area contributed by atoms with E-state index < -0.39 is 12.6 Å². The number of hydrogen-bond donors (Lipinski definition) is 0. The van der Waals surface area contributed by atoms with Crippen molar-refractivity contribution in [3.05, 3.63) is 39.2 Å². The quantitative estimate of drug-likeness (QED) is 0.549. The fourth-order valence-corrected chi connectivity index (χ4v) is 2.88. The first kappa shape index (κ1) is 18.0. The van der Waals surface area contributed by atoms with Gasteiger partial charge in [0.2, 0.25) is 0 Å². The fraction of sp³-hybridized carbons (Fsp3) is 0.474. The molecular formula is C19H23O5-. The van der Waals surface area contributed by atoms with Crippen LogP contribution in [-0.4, -0.2) is 12.6 Å². The van der Waals surface area contributed by atoms with Crippen molar-refractivity contribution in [2.24, 2.45) is 0 Å². The van der Waals surface area contributed by atoms with E-state index in [-0.39, 0.29) is 5.63 Å². The van der Waals surface area contributed by atoms with Gasteiger partial charge in [-0.15, -0.1) is 0 Å². The number of aliphatic carboxylic acids is 1. The molecule has 0 amide bonds. The zero-order valence-electron chi connectivity index (χ0n) is 14.4. The second-order valence-corrected chi connectivity index (χ2v) is 6.03. The maximum atomic E-state index is 12.3. The van der Waals surface area contributed by atoms with Gasteiger partial charge in [-0.05, 0) is 44.4 Å². The molecule has 0 aliphatic carbocycles. The monoisotopic (exact) mass is 331 g/mol. The van der Waals surface area contributed by atoms with Crippen LogP contribution in [0.2, 0.25) is 0 Å². The average molecular weight is 331 g/mol. The third kappa shape index (κ3) is 3.96. The van der Waals surface area contributed by atoms with E-state index in [0.29, 0.717) is 23.3 Å². The minimum Gasteiger partial charge on any atom is -0.546 e. The molecule has 130 valence electrons. The number of unbranched alkanes of at least 4 members (excludes halogenated alkanes) is 3. The maximum Gasteiger partial charge on any atom is 0.339 e. The highest BCUT2D eigenvalue weighted by atomic mass is 16.5. The number of rotatable bonds is 8. The molecule has 0 bridgehead atoms. The first-order valence-electron chi connectivity index (χ1n) is 8.34. The van der Waals surface area contributed by atoms with Gasteiger partial charge in [-0.1, -0.05) is 26.2 Å². The minimum atomic E-state index is -1.30. The first-order valence-corrected chi connectivity index (χ1v) is 8.34. The summed E-state index contributed by atoms with van der Waals surface area (Å²) < 4.78 is 10.7. The fourth-order valence-electron chi connectivity index (χ4n) is 2.88. The van der Waals surface area contributed by atoms with Crippen LogP contribution in [0.15, 0.2) is 21.3 Å². The highest BCUT2D eigenvalue weighted by Crippen LogP contribution is 2.29. The van der Waals surface area contributed by atoms with Crippen LogP contribution in [0.5, 0.6) is 5.75 Å². The molecule has 0 radical (unpaired) electrons. The van der Waals surface area contributed by atoms with Gasteiger partial charge in [0.1, 0.15) is 17.9 Å². The average Bonchev–Trinajstić information content (AvgIpc) is 2.54. The highest BCUT2D eigenvalue weighted by Gasteiger charge is 2.15. The van der Waals surface area contributed by atoms with Crippen LogP contribution in [0.1, 0.15) is 49.3 Å². The number of carboxylic acids is 1. The summed E-state index contributed by atoms with van der Waals surface area (Å²) in [7, 11) is 0. The predicted molar refractivity (Wildman–Crippen MR) is 90.3 cm³/mol. The smallest absolute Gasteiger partial charge is 0.339 e. The molecule has 0 fully saturated rings. The topological polar surface area (TPSA) is 79.6 Å². The largest absolute Gasteiger partial charge is 0.546 e. The summed E-state index contributed by atoms with van der Waals surface area (Å²) in [4.78, 5) is 22.9. The summed E-state index contributed by atoms with van der Waals surface area (Å²) in [6.07, 6.45) is 5.10. The Labute approximate surface area is 141 Å². The molecule has 0 atom stereocenters. The van der Waals surface area contributed by atoms with Crippen LogP contribution in [0.25, 0.3) is 11.0 Å². The molecule has 0 N–H and O–H groups in total. The molecule has 0 saturated heterocycles. The minimum absolute atomic E-state index is 0.323. The normalized spacial score (nSPS) is 11.0. The van der Waals surface area contributed by atoms with Crippen molar-refractivity contribution in [1.82, 2.24) is 0 Å². The number of carboxylic acid groups (broad SMARTS) is 1. The highest BCUT2D eigenvalue weighted by molar-refractivity contribution is 5.85. The lowest BCUT2D eigenvalue weighted by Crippen LogP contribution is -2.29. The molecule has 0 aliphatic rings. The van der Waals surface area contributed by atoms with Crippen LogP contribution >= 0.6 is 0 Å². The Bertz CT molecular complexity index is 788. The molecule has 0 saturated carbocycles. The second kappa shape index (κ2) is 7.99. The predicted octanol–water partition coefficient (Wildman–Crippen LogP) is 2.66. The van der Waals surface area contributed by atoms with Crippen molar-refractivity contribution in [3.8, 4) is 5.75 Å². The van der Waals surface area contributed by atoms with Gasteiger partial charge in [0.15, 0.2) is 0 Å². The molecule has 0 spiro atoms. The summed E-state index contributed by atoms with van der Waals surface area (Å²) in [5, 5.41) is 11.4. The Morgan fingerprint density at radius 2 is 1.92 bits per heavy atom. The van der Waals surface area contributed by atoms with Crippen LogP contribution in [0.4, 0.5) is 0 Å². The SMILES string of the molecule is CCCCCCc1c(C)c2ccc(OCC(=O)[O-])c(C)c2oc1=O. The summed E-state index contributed by atoms with van der Waals surface area (Å²) in [6, 6.07) is 3.51. The lowest BCUT2D eigenvalue weighted by atomic mass is 9.99. The number of ether oxygens (including phenoxy) is 1. The lowest BCUT2D eigenvalue weighted by molar-refractivity contribution is -0.307. The Hall–Kier alpha value is -2.30. The molecule has 0 aliphatic heterocycles. The number of fused-ring (bicyclic) bond motifs is 1. The van der Waals surface area contributed by atoms with Gasteiger partial charge in [-0.2, -0.15) is 0 Å². The van der Waals surface area contributed by atoms with Crippen LogP contribution in [0.3, 0.4) is 0 Å². The molecule has 2 aromatic rings. The summed E-state index contributed by atoms with van der Waals surface area (Å²) >= 11 is 0. The van der Waals surface area contributed by atoms with Gasteiger partial charge < -0.3 is 19.1 Å². The summed E-state index contributed by atoms with van der Waals surface area (Å²) in [5.74, 6) is -0.917. The van der Waals surface area contributed by atoms with Crippen molar-refractivity contribution >= 4 is 16.9 Å². The van der Waals surface area contributed by atoms with Crippen molar-refractivity contribution in [1.29, 1.82) is 0 Å². The molecule has 2 rings (SSSR count). The molecule has 24 heavy (non-hydrogen) atoms. The van der Waals surface area contributed by atoms with Crippen LogP contribution < -0.4 is 15.5 Å². The third-order valence-electron chi connectivity index (χ3n) is 4.28. The number of benzene rings is 1. The van der Waals surface area contributed by atoms with Crippen molar-refractivity contribution in [2.75, 3.05) is 6.61 Å². The van der Waals surface area contributed by atoms with Gasteiger partial charge >= 0.3 is 5.63 Å². The Kier molecular flexibility index (Phi) is 6.01. The van der Waals surface area contributed by atoms with E-state index in [1.165, 1.54) is 0 Å². The van der Waals surface area contributed by atoms with E-state index in [1.54, 1.807) is 19.1 Å². The van der Waals surface area contributed by atoms with Crippen molar-refractivity contribution in [3.63, 3.8) is 0 Å². The standard InChI is InChI=1S/C19H24O5/c1-4-5-6-7-8-15-12(2)14-9-10-16(23-11-17(20)21)13(3)18(14)24-19(15)22/h9-10H,4-8,11H2,1-3H3,(H,20,21)/p-1. The van der Waals surface area contributed by atoms with Gasteiger partial charge in [0, 0.05) is 16.5 Å². The molecule has 5 heteroatoms. The molecule has 1 heterocycles. The van der Waals surface area contributed by atoms with Crippen molar-refractivity contribution < 1.29 is 19.1 Å². The van der Waals surface area contributed by atoms with E-state index in [1.807, 2.05) is 6.92 Å². The molecule has 1 aromatic heterocycles. The molecule has 5 nitrogen and oxygen atoms in total. The Morgan fingerprint density at radius 1 is 1.17 bits per heavy atom. The van der Waals surface area contributed by atoms with E-state index in [4.69, 9.17) is 9.15 Å². The van der Waals surface area contributed by atoms with Gasteiger partial charge in [0.25, 0.3) is 0 Å². The Morgan fingerprint density at radius 3 is 2.58 bits per heavy atom. The first-order chi connectivity index (χ1) is 11.5. The third-order valence-corrected chi connectivity index (χ3v) is 4.28. The summed E-state index contributed by atoms with van der Waals surface area (Å²) in [6.45, 7) is 5.29. The van der Waals surface area contributed by atoms with Gasteiger partial charge in [-0.25, -0.2) is 4.79 Å². The zero-order valence-corrected chi connectivity index (χ0v) is 14.4. The zero-order chi connectivity index (χ0) is 17.7. The van der Waals surface area contributed by atoms with Crippen molar-refractivity contribution in [2.45, 2.75) is 52.9 Å². The lowest BCUT2D eigenvalue weighted by Gasteiger charge is -2.13. The number of aryl methyl sites for hydroxylation is 2. The van der Waals surface area contributed by atoms with E-state index >= 15 is 0 Å². The summed E-state index contributed by atoms with van der Waals surface area (Å²) in [5.41, 5.74) is 2.39. The number of hydrogen-bond acceptors (Lipinski definition) is 5. The van der Waals surface area contributed by atoms with Crippen LogP contribution in [0, 0.1) is 13.8 Å². The van der Waals surface area contributed by atoms with E-state index in [0.717, 1.165) is 42.2 Å². The second-order valence-electron chi connectivity index (χ2n) is 6.03. The van der Waals surface area contributed by atoms with E-state index in [9.17, 15) is 14.7 Å². The van der Waals surface area contributed by atoms with Gasteiger partial charge in [-0.3, -0.25) is 0 Å². The molecule has 0 unspecified atom stereocenters. The van der Waals surface area contributed by atoms with Gasteiger partial charge in [0.05, 0.1) is 5.97 Å². The molecular weight excluding hydrogens is 308 g/mol. The number of carbonyl (C=O) groups excluding carboxylic acids is 1. The maximum absolute atomic E-state index is 12.3. The molecule has 1 aromatic carbocycles.